The highest BCUT2D eigenvalue weighted by atomic mass is 16.6. The number of unbranched alkanes of at least 4 members (excludes halogenated alkanes) is 3. The lowest BCUT2D eigenvalue weighted by Gasteiger charge is -2.40. The number of nitrogens with two attached hydrogens (primary N) is 4. The van der Waals surface area contributed by atoms with Crippen LogP contribution in [-0.4, -0.2) is 268 Å². The Labute approximate surface area is 464 Å². The van der Waals surface area contributed by atoms with Crippen LogP contribution in [0.4, 0.5) is 9.59 Å². The Morgan fingerprint density at radius 1 is 0.662 bits per heavy atom. The van der Waals surface area contributed by atoms with Gasteiger partial charge in [0.05, 0.1) is 97.2 Å². The minimum atomic E-state index is -1.81. The van der Waals surface area contributed by atoms with Crippen molar-refractivity contribution in [2.24, 2.45) is 38.8 Å². The number of ether oxygens (including phenoxy) is 9. The summed E-state index contributed by atoms with van der Waals surface area (Å²) in [6.07, 6.45) is -2.05. The number of hydrogen-bond donors (Lipinski definition) is 11. The normalized spacial score (nSPS) is 20.0. The lowest BCUT2D eigenvalue weighted by atomic mass is 9.87. The number of aliphatic imine (C=N–C) groups is 2. The van der Waals surface area contributed by atoms with E-state index < -0.39 is 121 Å². The summed E-state index contributed by atoms with van der Waals surface area (Å²) in [5, 5.41) is 63.1. The molecule has 0 radical (unpaired) electrons. The van der Waals surface area contributed by atoms with E-state index in [-0.39, 0.29) is 77.6 Å². The van der Waals surface area contributed by atoms with E-state index in [1.54, 1.807) is 11.8 Å². The average molecular weight is 1150 g/mol. The van der Waals surface area contributed by atoms with Crippen molar-refractivity contribution in [2.45, 2.75) is 101 Å². The fraction of sp³-hybridized carbons (Fsp3) is 0.714. The zero-order valence-electron chi connectivity index (χ0n) is 45.7. The number of likely N-dealkylation sites (N-methyl/N-ethyl adjacent to an activating group) is 1. The number of guanidine groups is 2. The van der Waals surface area contributed by atoms with Crippen LogP contribution in [0.15, 0.2) is 33.7 Å². The van der Waals surface area contributed by atoms with Crippen LogP contribution in [0.3, 0.4) is 0 Å². The monoisotopic (exact) mass is 1150 g/mol. The van der Waals surface area contributed by atoms with Crippen molar-refractivity contribution in [2.75, 3.05) is 120 Å². The van der Waals surface area contributed by atoms with E-state index in [4.69, 9.17) is 72.0 Å². The smallest absolute Gasteiger partial charge is 0.410 e. The maximum absolute atomic E-state index is 13.5. The number of terminal acetylenes is 1. The maximum Gasteiger partial charge on any atom is 0.410 e. The Kier molecular flexibility index (Phi) is 32.9. The van der Waals surface area contributed by atoms with Gasteiger partial charge in [0.2, 0.25) is 23.3 Å². The van der Waals surface area contributed by atoms with Gasteiger partial charge in [-0.05, 0) is 25.0 Å². The SMILES string of the molecule is C#CCOCCOCCOCCOCCC(=O)N(CCCCCCN(C)C(=O)O[C@@H]([C@@H]1OC(C(=O)O)=C[C@H](N=C(N)N)[C@H]1NC(C)=O)[C@H](O)CO)CCOCCN(C)C(=O)O[C@@H]([C@@H]1OC(C(=O)O)=C[C@H](N=C(N)N)[C@H]1C)[C@H](O)CO. The number of hydrogen-bond acceptors (Lipinski definition) is 21. The van der Waals surface area contributed by atoms with Gasteiger partial charge in [0.15, 0.2) is 30.2 Å². The number of rotatable bonds is 39. The number of carboxylic acid groups (broad SMARTS) is 2. The molecule has 31 nitrogen and oxygen atoms in total. The molecule has 2 aliphatic heterocycles. The molecule has 80 heavy (non-hydrogen) atoms. The minimum absolute atomic E-state index is 0.0263. The molecule has 0 spiro atoms. The molecule has 0 aromatic heterocycles. The van der Waals surface area contributed by atoms with Crippen LogP contribution in [-0.2, 0) is 61.8 Å². The Bertz CT molecular complexity index is 2100. The van der Waals surface area contributed by atoms with E-state index in [0.717, 1.165) is 17.9 Å². The topological polar surface area (TPSA) is 457 Å². The molecule has 0 bridgehead atoms. The number of aliphatic hydroxyl groups is 4. The highest BCUT2D eigenvalue weighted by molar-refractivity contribution is 5.86. The molecule has 0 aromatic rings. The van der Waals surface area contributed by atoms with Crippen LogP contribution in [0.2, 0.25) is 0 Å². The van der Waals surface area contributed by atoms with Gasteiger partial charge in [0.25, 0.3) is 0 Å². The predicted octanol–water partition coefficient (Wildman–Crippen LogP) is -3.78. The third kappa shape index (κ3) is 25.6. The van der Waals surface area contributed by atoms with Gasteiger partial charge in [-0.1, -0.05) is 25.7 Å². The highest BCUT2D eigenvalue weighted by Gasteiger charge is 2.47. The first-order chi connectivity index (χ1) is 38.1. The van der Waals surface area contributed by atoms with Crippen molar-refractivity contribution in [3.8, 4) is 12.3 Å². The lowest BCUT2D eigenvalue weighted by molar-refractivity contribution is -0.148. The Balaban J connectivity index is 2.02. The summed E-state index contributed by atoms with van der Waals surface area (Å²) < 4.78 is 49.8. The second kappa shape index (κ2) is 38.0. The van der Waals surface area contributed by atoms with E-state index in [1.807, 2.05) is 0 Å². The van der Waals surface area contributed by atoms with Crippen LogP contribution >= 0.6 is 0 Å². The first-order valence-corrected chi connectivity index (χ1v) is 25.8. The number of carbonyl (C=O) groups excluding carboxylic acids is 4. The van der Waals surface area contributed by atoms with Crippen LogP contribution in [0, 0.1) is 18.3 Å². The van der Waals surface area contributed by atoms with Gasteiger partial charge < -0.3 is 116 Å². The van der Waals surface area contributed by atoms with Gasteiger partial charge in [-0.25, -0.2) is 29.2 Å². The number of nitrogens with zero attached hydrogens (tertiary/aromatic N) is 5. The average Bonchev–Trinajstić information content (AvgIpc) is 3.42. The molecule has 0 saturated heterocycles. The molecule has 0 saturated carbocycles. The molecule has 4 amide bonds. The molecule has 15 N–H and O–H groups in total. The molecule has 0 aromatic carbocycles. The van der Waals surface area contributed by atoms with Gasteiger partial charge >= 0.3 is 24.1 Å². The van der Waals surface area contributed by atoms with E-state index in [1.165, 1.54) is 25.1 Å². The van der Waals surface area contributed by atoms with Gasteiger partial charge in [0, 0.05) is 53.1 Å². The molecule has 454 valence electrons. The fourth-order valence-corrected chi connectivity index (χ4v) is 7.89. The molecule has 31 heteroatoms. The van der Waals surface area contributed by atoms with Crippen LogP contribution in [0.5, 0.6) is 0 Å². The van der Waals surface area contributed by atoms with Crippen molar-refractivity contribution in [3.05, 3.63) is 23.7 Å². The number of nitrogens with one attached hydrogen (secondary N) is 1. The summed E-state index contributed by atoms with van der Waals surface area (Å²) in [7, 11) is 2.80. The number of carboxylic acids is 2. The van der Waals surface area contributed by atoms with E-state index in [2.05, 4.69) is 21.2 Å². The zero-order valence-corrected chi connectivity index (χ0v) is 45.7. The Morgan fingerprint density at radius 2 is 1.11 bits per heavy atom. The Morgan fingerprint density at radius 3 is 1.62 bits per heavy atom. The first-order valence-electron chi connectivity index (χ1n) is 25.8. The molecule has 2 rings (SSSR count). The summed E-state index contributed by atoms with van der Waals surface area (Å²) in [6, 6.07) is -3.42. The first kappa shape index (κ1) is 69.3. The van der Waals surface area contributed by atoms with Crippen LogP contribution in [0.1, 0.15) is 46.0 Å². The largest absolute Gasteiger partial charge is 0.479 e. The lowest BCUT2D eigenvalue weighted by Crippen LogP contribution is -2.61. The van der Waals surface area contributed by atoms with Gasteiger partial charge in [-0.2, -0.15) is 0 Å². The van der Waals surface area contributed by atoms with E-state index in [0.29, 0.717) is 58.7 Å². The highest BCUT2D eigenvalue weighted by Crippen LogP contribution is 2.31. The van der Waals surface area contributed by atoms with Crippen LogP contribution in [0.25, 0.3) is 0 Å². The van der Waals surface area contributed by atoms with Crippen molar-refractivity contribution >= 4 is 47.9 Å². The van der Waals surface area contributed by atoms with Gasteiger partial charge in [0.1, 0.15) is 24.9 Å². The third-order valence-electron chi connectivity index (χ3n) is 12.1. The molecule has 0 fully saturated rings. The molecule has 0 aliphatic carbocycles. The summed E-state index contributed by atoms with van der Waals surface area (Å²) in [4.78, 5) is 88.1. The predicted molar refractivity (Wildman–Crippen MR) is 282 cm³/mol. The minimum Gasteiger partial charge on any atom is -0.479 e. The van der Waals surface area contributed by atoms with Crippen molar-refractivity contribution in [1.29, 1.82) is 0 Å². The van der Waals surface area contributed by atoms with E-state index >= 15 is 0 Å². The second-order valence-electron chi connectivity index (χ2n) is 18.3. The molecular weight excluding hydrogens is 1060 g/mol. The molecule has 10 atom stereocenters. The van der Waals surface area contributed by atoms with Gasteiger partial charge in [-0.3, -0.25) is 9.59 Å². The molecular formula is C49H82N10O21. The summed E-state index contributed by atoms with van der Waals surface area (Å²) in [6.45, 7) is 3.72. The maximum atomic E-state index is 13.5. The summed E-state index contributed by atoms with van der Waals surface area (Å²) in [5.41, 5.74) is 22.2. The van der Waals surface area contributed by atoms with Crippen molar-refractivity contribution in [3.63, 3.8) is 0 Å². The molecule has 2 heterocycles. The van der Waals surface area contributed by atoms with E-state index in [9.17, 15) is 59.4 Å². The zero-order chi connectivity index (χ0) is 59.7. The number of aliphatic hydroxyl groups excluding tert-OH is 4. The fourth-order valence-electron chi connectivity index (χ4n) is 7.89. The molecule has 2 aliphatic rings. The summed E-state index contributed by atoms with van der Waals surface area (Å²) in [5.74, 6) is -4.26. The number of aliphatic carboxylic acids is 2. The van der Waals surface area contributed by atoms with Crippen LogP contribution < -0.4 is 28.3 Å². The number of amides is 4. The Hall–Kier alpha value is -6.76. The van der Waals surface area contributed by atoms with Gasteiger partial charge in [-0.15, -0.1) is 6.42 Å². The van der Waals surface area contributed by atoms with Crippen molar-refractivity contribution in [1.82, 2.24) is 20.0 Å². The third-order valence-corrected chi connectivity index (χ3v) is 12.1. The second-order valence-corrected chi connectivity index (χ2v) is 18.3. The standard InChI is InChI=1S/C49H82N10O21/c1-6-16-72-20-22-75-24-25-76-23-21-73-17-11-38(65)59(15-19-74-18-14-58(5)49(71)79-41(34(63)28-60)40-30(2)32(55-46(50)51)26-36(77-40)44(66)67)13-10-8-7-9-12-57(4)48(70)80-42(35(64)29-61)43-39(54-31(3)62)33(56-47(52)53)27-37(78-43)45(68)69/h1,26-27,30,32-35,39-43,60-61,63-64H,7-25,28-29H2,2-5H3,(H,54,62)(H,66,67)(H,68,69)(H4,50,51,55)(H4,52,53,56)/t30-,32+,33+,34-,35-,39-,40-,41-,42-,43-/m1/s1. The van der Waals surface area contributed by atoms with Crippen molar-refractivity contribution < 1.29 is 102 Å². The number of carbonyl (C=O) groups is 6. The quantitative estimate of drug-likeness (QED) is 0.0122. The summed E-state index contributed by atoms with van der Waals surface area (Å²) >= 11 is 0. The molecule has 0 unspecified atom stereocenters.